The van der Waals surface area contributed by atoms with Crippen LogP contribution in [-0.2, 0) is 14.3 Å². The third kappa shape index (κ3) is 6.65. The average molecular weight is 321 g/mol. The normalized spacial score (nSPS) is 13.4. The number of nitrogens with zero attached hydrogens (tertiary/aromatic N) is 1. The summed E-state index contributed by atoms with van der Waals surface area (Å²) in [7, 11) is 0. The van der Waals surface area contributed by atoms with Crippen LogP contribution in [0.15, 0.2) is 18.3 Å². The van der Waals surface area contributed by atoms with Crippen molar-refractivity contribution in [1.29, 1.82) is 0 Å². The number of nitrogens with one attached hydrogen (secondary N) is 2. The summed E-state index contributed by atoms with van der Waals surface area (Å²) in [6.45, 7) is 3.71. The van der Waals surface area contributed by atoms with E-state index in [1.54, 1.807) is 12.1 Å². The van der Waals surface area contributed by atoms with E-state index in [0.29, 0.717) is 31.3 Å². The minimum absolute atomic E-state index is 0.0342. The Morgan fingerprint density at radius 1 is 1.35 bits per heavy atom. The smallest absolute Gasteiger partial charge is 0.258 e. The van der Waals surface area contributed by atoms with Crippen LogP contribution < -0.4 is 15.4 Å². The molecule has 1 aliphatic rings. The Bertz CT molecular complexity index is 515. The number of amides is 2. The van der Waals surface area contributed by atoms with E-state index in [-0.39, 0.29) is 24.3 Å². The monoisotopic (exact) mass is 321 g/mol. The molecule has 1 aromatic rings. The Morgan fingerprint density at radius 2 is 2.17 bits per heavy atom. The molecule has 7 heteroatoms. The maximum absolute atomic E-state index is 11.6. The molecule has 2 amide bonds. The topological polar surface area (TPSA) is 89.5 Å². The second-order valence-electron chi connectivity index (χ2n) is 5.34. The summed E-state index contributed by atoms with van der Waals surface area (Å²) in [6.07, 6.45) is 4.21. The molecule has 1 heterocycles. The van der Waals surface area contributed by atoms with E-state index >= 15 is 0 Å². The third-order valence-corrected chi connectivity index (χ3v) is 3.29. The van der Waals surface area contributed by atoms with Crippen LogP contribution in [0.3, 0.4) is 0 Å². The van der Waals surface area contributed by atoms with Gasteiger partial charge >= 0.3 is 0 Å². The van der Waals surface area contributed by atoms with Crippen molar-refractivity contribution in [2.45, 2.75) is 26.2 Å². The molecule has 0 bridgehead atoms. The molecule has 0 aliphatic heterocycles. The summed E-state index contributed by atoms with van der Waals surface area (Å²) in [5.41, 5.74) is 0.634. The second kappa shape index (κ2) is 9.09. The van der Waals surface area contributed by atoms with Crippen molar-refractivity contribution in [3.63, 3.8) is 0 Å². The minimum atomic E-state index is -0.200. The van der Waals surface area contributed by atoms with Crippen LogP contribution in [0.1, 0.15) is 26.2 Å². The van der Waals surface area contributed by atoms with Gasteiger partial charge in [-0.25, -0.2) is 4.98 Å². The molecule has 1 fully saturated rings. The fourth-order valence-corrected chi connectivity index (χ4v) is 1.87. The SMILES string of the molecule is CCOCCCNC(=O)COc1ccc(NC(=O)C2CC2)cn1. The van der Waals surface area contributed by atoms with Crippen LogP contribution in [0.2, 0.25) is 0 Å². The van der Waals surface area contributed by atoms with Crippen molar-refractivity contribution in [1.82, 2.24) is 10.3 Å². The molecule has 0 unspecified atom stereocenters. The van der Waals surface area contributed by atoms with Gasteiger partial charge in [-0.2, -0.15) is 0 Å². The molecule has 7 nitrogen and oxygen atoms in total. The van der Waals surface area contributed by atoms with Gasteiger partial charge in [0.1, 0.15) is 0 Å². The van der Waals surface area contributed by atoms with Gasteiger partial charge in [-0.1, -0.05) is 0 Å². The van der Waals surface area contributed by atoms with Gasteiger partial charge in [0, 0.05) is 31.7 Å². The summed E-state index contributed by atoms with van der Waals surface area (Å²) < 4.78 is 10.5. The second-order valence-corrected chi connectivity index (χ2v) is 5.34. The number of carbonyl (C=O) groups excluding carboxylic acids is 2. The summed E-state index contributed by atoms with van der Waals surface area (Å²) in [4.78, 5) is 27.3. The van der Waals surface area contributed by atoms with E-state index in [2.05, 4.69) is 15.6 Å². The molecule has 1 aliphatic carbocycles. The molecule has 126 valence electrons. The van der Waals surface area contributed by atoms with Gasteiger partial charge in [0.15, 0.2) is 6.61 Å². The van der Waals surface area contributed by atoms with Gasteiger partial charge in [0.25, 0.3) is 5.91 Å². The van der Waals surface area contributed by atoms with Gasteiger partial charge in [-0.05, 0) is 32.3 Å². The summed E-state index contributed by atoms with van der Waals surface area (Å²) >= 11 is 0. The summed E-state index contributed by atoms with van der Waals surface area (Å²) in [6, 6.07) is 3.34. The number of carbonyl (C=O) groups is 2. The van der Waals surface area contributed by atoms with Gasteiger partial charge in [-0.15, -0.1) is 0 Å². The lowest BCUT2D eigenvalue weighted by Crippen LogP contribution is -2.30. The first-order chi connectivity index (χ1) is 11.2. The number of hydrogen-bond donors (Lipinski definition) is 2. The Kier molecular flexibility index (Phi) is 6.80. The highest BCUT2D eigenvalue weighted by Gasteiger charge is 2.29. The molecular weight excluding hydrogens is 298 g/mol. The van der Waals surface area contributed by atoms with Crippen LogP contribution in [0, 0.1) is 5.92 Å². The first kappa shape index (κ1) is 17.2. The van der Waals surface area contributed by atoms with Crippen molar-refractivity contribution in [2.75, 3.05) is 31.7 Å². The molecule has 0 radical (unpaired) electrons. The highest BCUT2D eigenvalue weighted by atomic mass is 16.5. The highest BCUT2D eigenvalue weighted by molar-refractivity contribution is 5.93. The largest absolute Gasteiger partial charge is 0.468 e. The number of aromatic nitrogens is 1. The van der Waals surface area contributed by atoms with E-state index in [9.17, 15) is 9.59 Å². The zero-order valence-electron chi connectivity index (χ0n) is 13.3. The maximum Gasteiger partial charge on any atom is 0.258 e. The first-order valence-electron chi connectivity index (χ1n) is 7.93. The van der Waals surface area contributed by atoms with Crippen molar-refractivity contribution < 1.29 is 19.1 Å². The molecular formula is C16H23N3O4. The number of ether oxygens (including phenoxy) is 2. The van der Waals surface area contributed by atoms with Gasteiger partial charge in [0.2, 0.25) is 11.8 Å². The lowest BCUT2D eigenvalue weighted by molar-refractivity contribution is -0.123. The molecule has 23 heavy (non-hydrogen) atoms. The van der Waals surface area contributed by atoms with E-state index in [1.165, 1.54) is 6.20 Å². The minimum Gasteiger partial charge on any atom is -0.468 e. The maximum atomic E-state index is 11.6. The van der Waals surface area contributed by atoms with Crippen LogP contribution >= 0.6 is 0 Å². The summed E-state index contributed by atoms with van der Waals surface area (Å²) in [5, 5.41) is 5.53. The van der Waals surface area contributed by atoms with Crippen LogP contribution in [0.25, 0.3) is 0 Å². The predicted octanol–water partition coefficient (Wildman–Crippen LogP) is 1.35. The zero-order chi connectivity index (χ0) is 16.5. The van der Waals surface area contributed by atoms with E-state index in [0.717, 1.165) is 19.3 Å². The number of pyridine rings is 1. The number of rotatable bonds is 10. The number of anilines is 1. The van der Waals surface area contributed by atoms with Crippen molar-refractivity contribution in [3.05, 3.63) is 18.3 Å². The highest BCUT2D eigenvalue weighted by Crippen LogP contribution is 2.30. The van der Waals surface area contributed by atoms with Crippen molar-refractivity contribution >= 4 is 17.5 Å². The molecule has 2 rings (SSSR count). The lowest BCUT2D eigenvalue weighted by Gasteiger charge is -2.08. The standard InChI is InChI=1S/C16H23N3O4/c1-2-22-9-3-8-17-14(20)11-23-15-7-6-13(10-18-15)19-16(21)12-4-5-12/h6-7,10,12H,2-5,8-9,11H2,1H3,(H,17,20)(H,19,21). The lowest BCUT2D eigenvalue weighted by atomic mass is 10.3. The molecule has 0 aromatic carbocycles. The Hall–Kier alpha value is -2.15. The Balaban J connectivity index is 1.63. The van der Waals surface area contributed by atoms with Gasteiger partial charge in [0.05, 0.1) is 11.9 Å². The fraction of sp³-hybridized carbons (Fsp3) is 0.562. The van der Waals surface area contributed by atoms with Crippen molar-refractivity contribution in [3.8, 4) is 5.88 Å². The molecule has 2 N–H and O–H groups in total. The molecule has 0 atom stereocenters. The summed E-state index contributed by atoms with van der Waals surface area (Å²) in [5.74, 6) is 0.331. The van der Waals surface area contributed by atoms with Crippen molar-refractivity contribution in [2.24, 2.45) is 5.92 Å². The van der Waals surface area contributed by atoms with Crippen LogP contribution in [0.5, 0.6) is 5.88 Å². The molecule has 1 saturated carbocycles. The van der Waals surface area contributed by atoms with Gasteiger partial charge < -0.3 is 20.1 Å². The molecule has 0 saturated heterocycles. The van der Waals surface area contributed by atoms with Crippen LogP contribution in [-0.4, -0.2) is 43.2 Å². The third-order valence-electron chi connectivity index (χ3n) is 3.29. The Morgan fingerprint density at radius 3 is 2.83 bits per heavy atom. The van der Waals surface area contributed by atoms with Gasteiger partial charge in [-0.3, -0.25) is 9.59 Å². The average Bonchev–Trinajstić information content (AvgIpc) is 3.39. The van der Waals surface area contributed by atoms with E-state index < -0.39 is 0 Å². The molecule has 1 aromatic heterocycles. The van der Waals surface area contributed by atoms with E-state index in [4.69, 9.17) is 9.47 Å². The zero-order valence-corrected chi connectivity index (χ0v) is 13.3. The number of hydrogen-bond acceptors (Lipinski definition) is 5. The Labute approximate surface area is 135 Å². The molecule has 0 spiro atoms. The first-order valence-corrected chi connectivity index (χ1v) is 7.93. The quantitative estimate of drug-likeness (QED) is 0.635. The van der Waals surface area contributed by atoms with Crippen LogP contribution in [0.4, 0.5) is 5.69 Å². The predicted molar refractivity (Wildman–Crippen MR) is 85.2 cm³/mol. The van der Waals surface area contributed by atoms with E-state index in [1.807, 2.05) is 6.92 Å². The fourth-order valence-electron chi connectivity index (χ4n) is 1.87.